The summed E-state index contributed by atoms with van der Waals surface area (Å²) < 4.78 is 12.5. The molecule has 0 amide bonds. The van der Waals surface area contributed by atoms with Gasteiger partial charge in [0.15, 0.2) is 11.5 Å². The van der Waals surface area contributed by atoms with Crippen molar-refractivity contribution in [2.45, 2.75) is 6.92 Å². The number of thiazole rings is 1. The van der Waals surface area contributed by atoms with Crippen molar-refractivity contribution in [2.75, 3.05) is 13.3 Å². The third kappa shape index (κ3) is 2.90. The first kappa shape index (κ1) is 13.6. The molecule has 2 aromatic rings. The molecule has 0 saturated heterocycles. The summed E-state index contributed by atoms with van der Waals surface area (Å²) in [5.74, 6) is 1.52. The number of fused-ring (bicyclic) bond motifs is 1. The SMILES string of the molecule is C=CCN=c1scc(C)n1N=Cc1ccc2c(c1)OCO2. The highest BCUT2D eigenvalue weighted by Crippen LogP contribution is 2.31. The van der Waals surface area contributed by atoms with Gasteiger partial charge in [-0.25, -0.2) is 4.68 Å². The third-order valence-electron chi connectivity index (χ3n) is 2.92. The lowest BCUT2D eigenvalue weighted by atomic mass is 10.2. The van der Waals surface area contributed by atoms with Gasteiger partial charge >= 0.3 is 0 Å². The van der Waals surface area contributed by atoms with E-state index in [4.69, 9.17) is 9.47 Å². The zero-order valence-corrected chi connectivity index (χ0v) is 12.5. The molecule has 0 radical (unpaired) electrons. The van der Waals surface area contributed by atoms with Gasteiger partial charge in [0.2, 0.25) is 11.6 Å². The number of aromatic nitrogens is 1. The maximum Gasteiger partial charge on any atom is 0.231 e. The van der Waals surface area contributed by atoms with Crippen LogP contribution in [-0.4, -0.2) is 24.2 Å². The van der Waals surface area contributed by atoms with Gasteiger partial charge in [-0.3, -0.25) is 4.99 Å². The standard InChI is InChI=1S/C15H15N3O2S/c1-3-6-16-15-18(11(2)9-21-15)17-8-12-4-5-13-14(7-12)20-10-19-13/h3-5,7-9H,1,6,10H2,2H3. The second-order valence-corrected chi connectivity index (χ2v) is 5.29. The summed E-state index contributed by atoms with van der Waals surface area (Å²) in [4.78, 5) is 5.27. The van der Waals surface area contributed by atoms with Crippen molar-refractivity contribution >= 4 is 17.6 Å². The molecule has 21 heavy (non-hydrogen) atoms. The molecule has 0 saturated carbocycles. The van der Waals surface area contributed by atoms with Crippen LogP contribution >= 0.6 is 11.3 Å². The molecule has 0 bridgehead atoms. The van der Waals surface area contributed by atoms with Gasteiger partial charge in [0.05, 0.1) is 18.5 Å². The van der Waals surface area contributed by atoms with E-state index in [-0.39, 0.29) is 6.79 Å². The number of ether oxygens (including phenoxy) is 2. The Kier molecular flexibility index (Phi) is 3.87. The fourth-order valence-electron chi connectivity index (χ4n) is 1.89. The molecule has 2 heterocycles. The van der Waals surface area contributed by atoms with Crippen LogP contribution < -0.4 is 14.3 Å². The summed E-state index contributed by atoms with van der Waals surface area (Å²) in [6.07, 6.45) is 3.55. The molecule has 1 aromatic heterocycles. The Morgan fingerprint density at radius 3 is 3.10 bits per heavy atom. The van der Waals surface area contributed by atoms with Gasteiger partial charge in [0, 0.05) is 5.38 Å². The van der Waals surface area contributed by atoms with Crippen LogP contribution in [0.1, 0.15) is 11.3 Å². The van der Waals surface area contributed by atoms with E-state index in [1.54, 1.807) is 23.6 Å². The minimum atomic E-state index is 0.277. The lowest BCUT2D eigenvalue weighted by Crippen LogP contribution is -2.12. The molecule has 0 unspecified atom stereocenters. The molecule has 0 spiro atoms. The van der Waals surface area contributed by atoms with Crippen molar-refractivity contribution < 1.29 is 9.47 Å². The maximum atomic E-state index is 5.36. The van der Waals surface area contributed by atoms with E-state index in [0.29, 0.717) is 6.54 Å². The van der Waals surface area contributed by atoms with Crippen LogP contribution in [0.4, 0.5) is 0 Å². The van der Waals surface area contributed by atoms with E-state index >= 15 is 0 Å². The van der Waals surface area contributed by atoms with Gasteiger partial charge in [-0.05, 0) is 30.7 Å². The Morgan fingerprint density at radius 1 is 1.38 bits per heavy atom. The van der Waals surface area contributed by atoms with Gasteiger partial charge in [0.1, 0.15) is 0 Å². The molecule has 0 aliphatic carbocycles. The Balaban J connectivity index is 1.89. The van der Waals surface area contributed by atoms with Crippen LogP contribution in [0.5, 0.6) is 11.5 Å². The number of rotatable bonds is 4. The first-order chi connectivity index (χ1) is 10.3. The largest absolute Gasteiger partial charge is 0.454 e. The van der Waals surface area contributed by atoms with Crippen molar-refractivity contribution in [2.24, 2.45) is 10.1 Å². The van der Waals surface area contributed by atoms with E-state index < -0.39 is 0 Å². The fraction of sp³-hybridized carbons (Fsp3) is 0.200. The molecule has 3 rings (SSSR count). The predicted octanol–water partition coefficient (Wildman–Crippen LogP) is 2.56. The molecule has 1 aromatic carbocycles. The molecule has 1 aliphatic rings. The lowest BCUT2D eigenvalue weighted by molar-refractivity contribution is 0.174. The molecule has 0 N–H and O–H groups in total. The first-order valence-electron chi connectivity index (χ1n) is 6.50. The van der Waals surface area contributed by atoms with Gasteiger partial charge in [-0.15, -0.1) is 17.9 Å². The smallest absolute Gasteiger partial charge is 0.231 e. The summed E-state index contributed by atoms with van der Waals surface area (Å²) in [5, 5.41) is 6.52. The third-order valence-corrected chi connectivity index (χ3v) is 3.90. The van der Waals surface area contributed by atoms with Crippen molar-refractivity contribution in [1.82, 2.24) is 4.68 Å². The Labute approximate surface area is 126 Å². The van der Waals surface area contributed by atoms with Crippen molar-refractivity contribution in [1.29, 1.82) is 0 Å². The van der Waals surface area contributed by atoms with Crippen LogP contribution in [0.15, 0.2) is 46.3 Å². The Bertz CT molecular complexity index is 759. The highest BCUT2D eigenvalue weighted by atomic mass is 32.1. The lowest BCUT2D eigenvalue weighted by Gasteiger charge is -1.99. The zero-order valence-electron chi connectivity index (χ0n) is 11.7. The fourth-order valence-corrected chi connectivity index (χ4v) is 2.71. The van der Waals surface area contributed by atoms with Crippen LogP contribution in [0.3, 0.4) is 0 Å². The molecule has 108 valence electrons. The highest BCUT2D eigenvalue weighted by Gasteiger charge is 2.12. The monoisotopic (exact) mass is 301 g/mol. The van der Waals surface area contributed by atoms with E-state index in [9.17, 15) is 0 Å². The van der Waals surface area contributed by atoms with Gasteiger partial charge in [0.25, 0.3) is 0 Å². The van der Waals surface area contributed by atoms with Crippen molar-refractivity contribution in [3.63, 3.8) is 0 Å². The van der Waals surface area contributed by atoms with Crippen molar-refractivity contribution in [3.05, 3.63) is 52.3 Å². The zero-order chi connectivity index (χ0) is 14.7. The number of nitrogens with zero attached hydrogens (tertiary/aromatic N) is 3. The molecule has 1 aliphatic heterocycles. The summed E-state index contributed by atoms with van der Waals surface area (Å²) in [5.41, 5.74) is 1.99. The Hall–Kier alpha value is -2.34. The molecular weight excluding hydrogens is 286 g/mol. The normalized spacial score (nSPS) is 14.0. The average molecular weight is 301 g/mol. The second kappa shape index (κ2) is 5.97. The number of hydrogen-bond donors (Lipinski definition) is 0. The van der Waals surface area contributed by atoms with Crippen LogP contribution in [0, 0.1) is 6.92 Å². The number of hydrogen-bond acceptors (Lipinski definition) is 5. The first-order valence-corrected chi connectivity index (χ1v) is 7.38. The summed E-state index contributed by atoms with van der Waals surface area (Å²) in [6, 6.07) is 5.74. The van der Waals surface area contributed by atoms with Crippen LogP contribution in [-0.2, 0) is 0 Å². The Morgan fingerprint density at radius 2 is 2.24 bits per heavy atom. The summed E-state index contributed by atoms with van der Waals surface area (Å²) >= 11 is 1.56. The van der Waals surface area contributed by atoms with Crippen LogP contribution in [0.25, 0.3) is 0 Å². The van der Waals surface area contributed by atoms with E-state index in [1.165, 1.54) is 0 Å². The highest BCUT2D eigenvalue weighted by molar-refractivity contribution is 7.07. The molecule has 6 heteroatoms. The molecule has 5 nitrogen and oxygen atoms in total. The number of benzene rings is 1. The van der Waals surface area contributed by atoms with Gasteiger partial charge in [-0.1, -0.05) is 6.08 Å². The minimum Gasteiger partial charge on any atom is -0.454 e. The van der Waals surface area contributed by atoms with E-state index in [2.05, 4.69) is 16.7 Å². The topological polar surface area (TPSA) is 48.1 Å². The summed E-state index contributed by atoms with van der Waals surface area (Å²) in [6.45, 7) is 6.54. The molecule has 0 fully saturated rings. The van der Waals surface area contributed by atoms with Gasteiger partial charge in [-0.2, -0.15) is 5.10 Å². The quantitative estimate of drug-likeness (QED) is 0.643. The number of aryl methyl sites for hydroxylation is 1. The second-order valence-electron chi connectivity index (χ2n) is 4.46. The van der Waals surface area contributed by atoms with Crippen molar-refractivity contribution in [3.8, 4) is 11.5 Å². The van der Waals surface area contributed by atoms with Gasteiger partial charge < -0.3 is 9.47 Å². The van der Waals surface area contributed by atoms with E-state index in [1.807, 2.05) is 35.2 Å². The van der Waals surface area contributed by atoms with Crippen LogP contribution in [0.2, 0.25) is 0 Å². The average Bonchev–Trinajstić information content (AvgIpc) is 3.09. The summed E-state index contributed by atoms with van der Waals surface area (Å²) in [7, 11) is 0. The molecule has 0 atom stereocenters. The maximum absolute atomic E-state index is 5.36. The predicted molar refractivity (Wildman–Crippen MR) is 83.2 cm³/mol. The molecular formula is C15H15N3O2S. The van der Waals surface area contributed by atoms with E-state index in [0.717, 1.165) is 27.6 Å². The minimum absolute atomic E-state index is 0.277.